The Morgan fingerprint density at radius 3 is 2.42 bits per heavy atom. The predicted molar refractivity (Wildman–Crippen MR) is 36.8 cm³/mol. The van der Waals surface area contributed by atoms with Crippen LogP contribution in [0.15, 0.2) is 0 Å². The molecule has 0 spiro atoms. The van der Waals surface area contributed by atoms with Crippen LogP contribution in [0.1, 0.15) is 13.3 Å². The van der Waals surface area contributed by atoms with Crippen molar-refractivity contribution in [3.05, 3.63) is 0 Å². The topological polar surface area (TPSA) is 26.3 Å². The molecule has 1 unspecified atom stereocenters. The Balaban J connectivity index is 3.87. The Bertz CT molecular complexity index is 157. The third-order valence-electron chi connectivity index (χ3n) is 1.04. The number of carbonyl (C=O) groups excluding carboxylic acids is 1. The average molecular weight is 180 g/mol. The van der Waals surface area contributed by atoms with Gasteiger partial charge in [-0.15, -0.1) is 0 Å². The molecule has 0 saturated heterocycles. The van der Waals surface area contributed by atoms with Gasteiger partial charge in [-0.05, 0) is 6.92 Å². The molecular formula is C6H8BF3O2. The van der Waals surface area contributed by atoms with E-state index >= 15 is 0 Å². The van der Waals surface area contributed by atoms with Gasteiger partial charge in [0.1, 0.15) is 0 Å². The summed E-state index contributed by atoms with van der Waals surface area (Å²) in [7, 11) is 4.89. The highest BCUT2D eigenvalue weighted by molar-refractivity contribution is 6.22. The molecule has 0 rings (SSSR count). The van der Waals surface area contributed by atoms with E-state index in [4.69, 9.17) is 7.85 Å². The zero-order valence-corrected chi connectivity index (χ0v) is 6.52. The number of alkyl halides is 3. The predicted octanol–water partition coefficient (Wildman–Crippen LogP) is 1.46. The van der Waals surface area contributed by atoms with E-state index in [-0.39, 0.29) is 6.61 Å². The summed E-state index contributed by atoms with van der Waals surface area (Å²) < 4.78 is 39.1. The molecule has 0 aromatic rings. The van der Waals surface area contributed by atoms with Gasteiger partial charge < -0.3 is 4.74 Å². The van der Waals surface area contributed by atoms with Gasteiger partial charge in [0.25, 0.3) is 5.97 Å². The smallest absolute Gasteiger partial charge is 0.389 e. The van der Waals surface area contributed by atoms with Crippen LogP contribution in [-0.2, 0) is 9.53 Å². The van der Waals surface area contributed by atoms with Crippen LogP contribution in [0.5, 0.6) is 0 Å². The summed E-state index contributed by atoms with van der Waals surface area (Å²) in [6.07, 6.45) is -5.77. The number of rotatable bonds is 3. The maximum absolute atomic E-state index is 11.6. The summed E-state index contributed by atoms with van der Waals surface area (Å²) in [5.74, 6) is -2.63. The molecule has 0 aromatic carbocycles. The Kier molecular flexibility index (Phi) is 4.13. The molecule has 0 N–H and O–H groups in total. The van der Waals surface area contributed by atoms with E-state index in [2.05, 4.69) is 4.74 Å². The van der Waals surface area contributed by atoms with Crippen molar-refractivity contribution in [3.63, 3.8) is 0 Å². The SMILES string of the molecule is [B]C(CC(F)(F)F)C(=O)OCC. The first-order valence-electron chi connectivity index (χ1n) is 3.35. The molecule has 68 valence electrons. The van der Waals surface area contributed by atoms with Gasteiger partial charge >= 0.3 is 6.18 Å². The van der Waals surface area contributed by atoms with E-state index in [0.717, 1.165) is 0 Å². The fourth-order valence-corrected chi connectivity index (χ4v) is 0.582. The van der Waals surface area contributed by atoms with Crippen LogP contribution in [0.25, 0.3) is 0 Å². The molecule has 0 aliphatic carbocycles. The fourth-order valence-electron chi connectivity index (χ4n) is 0.582. The lowest BCUT2D eigenvalue weighted by molar-refractivity contribution is -0.156. The standard InChI is InChI=1S/C6H8BF3O2/c1-2-12-5(11)4(7)3-6(8,9)10/h4H,2-3H2,1H3. The summed E-state index contributed by atoms with van der Waals surface area (Å²) in [6.45, 7) is 1.53. The molecule has 0 aromatic heterocycles. The van der Waals surface area contributed by atoms with Gasteiger partial charge in [-0.1, -0.05) is 0 Å². The van der Waals surface area contributed by atoms with Crippen molar-refractivity contribution in [3.8, 4) is 0 Å². The number of esters is 1. The van der Waals surface area contributed by atoms with Crippen LogP contribution < -0.4 is 0 Å². The molecule has 1 atom stereocenters. The Hall–Kier alpha value is -0.675. The molecule has 0 aliphatic heterocycles. The molecule has 12 heavy (non-hydrogen) atoms. The van der Waals surface area contributed by atoms with Gasteiger partial charge in [0, 0.05) is 12.2 Å². The molecule has 0 amide bonds. The molecule has 0 bridgehead atoms. The normalized spacial score (nSPS) is 14.0. The highest BCUT2D eigenvalue weighted by atomic mass is 19.4. The number of hydrogen-bond donors (Lipinski definition) is 0. The largest absolute Gasteiger partial charge is 0.466 e. The Morgan fingerprint density at radius 1 is 1.58 bits per heavy atom. The second-order valence-electron chi connectivity index (χ2n) is 2.18. The summed E-state index contributed by atoms with van der Waals surface area (Å²) in [6, 6.07) is 0. The van der Waals surface area contributed by atoms with E-state index in [1.807, 2.05) is 0 Å². The van der Waals surface area contributed by atoms with Crippen molar-refractivity contribution < 1.29 is 22.7 Å². The lowest BCUT2D eigenvalue weighted by atomic mass is 9.84. The summed E-state index contributed by atoms with van der Waals surface area (Å²) >= 11 is 0. The van der Waals surface area contributed by atoms with Gasteiger partial charge in [-0.3, -0.25) is 4.79 Å². The van der Waals surface area contributed by atoms with E-state index in [9.17, 15) is 18.0 Å². The number of carbonyl (C=O) groups is 1. The second-order valence-corrected chi connectivity index (χ2v) is 2.18. The van der Waals surface area contributed by atoms with Crippen molar-refractivity contribution >= 4 is 13.8 Å². The van der Waals surface area contributed by atoms with Crippen LogP contribution >= 0.6 is 0 Å². The average Bonchev–Trinajstić information content (AvgIpc) is 1.84. The summed E-state index contributed by atoms with van der Waals surface area (Å²) in [5.41, 5.74) is 0. The first-order valence-corrected chi connectivity index (χ1v) is 3.35. The van der Waals surface area contributed by atoms with Crippen LogP contribution in [0.2, 0.25) is 5.82 Å². The van der Waals surface area contributed by atoms with Crippen molar-refractivity contribution in [2.75, 3.05) is 6.61 Å². The maximum atomic E-state index is 11.6. The van der Waals surface area contributed by atoms with Crippen molar-refractivity contribution in [2.24, 2.45) is 0 Å². The maximum Gasteiger partial charge on any atom is 0.389 e. The zero-order chi connectivity index (χ0) is 9.78. The fraction of sp³-hybridized carbons (Fsp3) is 0.833. The summed E-state index contributed by atoms with van der Waals surface area (Å²) in [4.78, 5) is 10.6. The molecular weight excluding hydrogens is 172 g/mol. The minimum absolute atomic E-state index is 0.0321. The molecule has 0 heterocycles. The lowest BCUT2D eigenvalue weighted by Gasteiger charge is -2.12. The third kappa shape index (κ3) is 5.04. The van der Waals surface area contributed by atoms with Gasteiger partial charge in [0.05, 0.1) is 14.5 Å². The van der Waals surface area contributed by atoms with Gasteiger partial charge in [-0.2, -0.15) is 13.2 Å². The number of hydrogen-bond acceptors (Lipinski definition) is 2. The molecule has 0 saturated carbocycles. The van der Waals surface area contributed by atoms with Crippen LogP contribution in [-0.4, -0.2) is 26.6 Å². The van der Waals surface area contributed by atoms with Crippen molar-refractivity contribution in [1.29, 1.82) is 0 Å². The van der Waals surface area contributed by atoms with Crippen molar-refractivity contribution in [2.45, 2.75) is 25.3 Å². The molecule has 2 nitrogen and oxygen atoms in total. The van der Waals surface area contributed by atoms with E-state index < -0.39 is 24.4 Å². The lowest BCUT2D eigenvalue weighted by Crippen LogP contribution is -2.20. The van der Waals surface area contributed by atoms with E-state index in [1.165, 1.54) is 6.92 Å². The van der Waals surface area contributed by atoms with E-state index in [1.54, 1.807) is 0 Å². The van der Waals surface area contributed by atoms with Gasteiger partial charge in [0.2, 0.25) is 0 Å². The summed E-state index contributed by atoms with van der Waals surface area (Å²) in [5, 5.41) is 0. The van der Waals surface area contributed by atoms with E-state index in [0.29, 0.717) is 0 Å². The van der Waals surface area contributed by atoms with Crippen LogP contribution in [0.4, 0.5) is 13.2 Å². The number of ether oxygens (including phenoxy) is 1. The second kappa shape index (κ2) is 4.38. The highest BCUT2D eigenvalue weighted by Crippen LogP contribution is 2.26. The quantitative estimate of drug-likeness (QED) is 0.485. The first-order chi connectivity index (χ1) is 5.37. The van der Waals surface area contributed by atoms with Gasteiger partial charge in [-0.25, -0.2) is 0 Å². The zero-order valence-electron chi connectivity index (χ0n) is 6.52. The first kappa shape index (κ1) is 11.3. The Labute approximate surface area is 69.5 Å². The number of halogens is 3. The molecule has 0 fully saturated rings. The van der Waals surface area contributed by atoms with Crippen LogP contribution in [0.3, 0.4) is 0 Å². The third-order valence-corrected chi connectivity index (χ3v) is 1.04. The minimum atomic E-state index is -4.42. The highest BCUT2D eigenvalue weighted by Gasteiger charge is 2.32. The molecule has 6 heteroatoms. The Morgan fingerprint density at radius 2 is 2.08 bits per heavy atom. The van der Waals surface area contributed by atoms with Crippen LogP contribution in [0, 0.1) is 0 Å². The molecule has 0 aliphatic rings. The monoisotopic (exact) mass is 180 g/mol. The minimum Gasteiger partial charge on any atom is -0.466 e. The van der Waals surface area contributed by atoms with Crippen molar-refractivity contribution in [1.82, 2.24) is 0 Å². The van der Waals surface area contributed by atoms with Gasteiger partial charge in [0.15, 0.2) is 0 Å². The molecule has 2 radical (unpaired) electrons.